The molecule has 0 aliphatic heterocycles. The van der Waals surface area contributed by atoms with Gasteiger partial charge in [-0.25, -0.2) is 0 Å². The Balaban J connectivity index is 2.33. The topological polar surface area (TPSA) is 38.3 Å². The van der Waals surface area contributed by atoms with Gasteiger partial charge in [0.05, 0.1) is 13.0 Å². The summed E-state index contributed by atoms with van der Waals surface area (Å²) in [6.07, 6.45) is 0.357. The number of esters is 1. The molecule has 1 unspecified atom stereocenters. The first-order valence-electron chi connectivity index (χ1n) is 7.13. The summed E-state index contributed by atoms with van der Waals surface area (Å²) in [5, 5.41) is 5.76. The van der Waals surface area contributed by atoms with Crippen LogP contribution in [0.4, 0.5) is 0 Å². The quantitative estimate of drug-likeness (QED) is 0.818. The first-order chi connectivity index (χ1) is 9.76. The molecule has 1 atom stereocenters. The van der Waals surface area contributed by atoms with Crippen molar-refractivity contribution < 1.29 is 9.53 Å². The molecule has 0 heterocycles. The third-order valence-electron chi connectivity index (χ3n) is 3.33. The first kappa shape index (κ1) is 14.5. The number of hydrogen-bond donors (Lipinski definition) is 1. The van der Waals surface area contributed by atoms with E-state index in [1.165, 1.54) is 10.8 Å². The van der Waals surface area contributed by atoms with Gasteiger partial charge in [0.15, 0.2) is 0 Å². The lowest BCUT2D eigenvalue weighted by molar-refractivity contribution is -0.143. The standard InChI is InChI=1S/C17H21NO2/c1-3-18-16(12-17(19)20-4-2)15-11-7-9-13-8-5-6-10-14(13)15/h5-11,16,18H,3-4,12H2,1-2H3. The highest BCUT2D eigenvalue weighted by atomic mass is 16.5. The molecule has 20 heavy (non-hydrogen) atoms. The number of fused-ring (bicyclic) bond motifs is 1. The van der Waals surface area contributed by atoms with Crippen LogP contribution in [0.5, 0.6) is 0 Å². The molecule has 0 fully saturated rings. The smallest absolute Gasteiger partial charge is 0.307 e. The second-order valence-corrected chi connectivity index (χ2v) is 4.69. The SMILES string of the molecule is CCNC(CC(=O)OCC)c1cccc2ccccc12. The zero-order chi connectivity index (χ0) is 14.4. The Morgan fingerprint density at radius 1 is 1.15 bits per heavy atom. The molecule has 0 aliphatic rings. The van der Waals surface area contributed by atoms with E-state index in [-0.39, 0.29) is 12.0 Å². The van der Waals surface area contributed by atoms with Gasteiger partial charge in [0.2, 0.25) is 0 Å². The largest absolute Gasteiger partial charge is 0.466 e. The van der Waals surface area contributed by atoms with Gasteiger partial charge in [-0.2, -0.15) is 0 Å². The summed E-state index contributed by atoms with van der Waals surface area (Å²) in [6.45, 7) is 5.11. The van der Waals surface area contributed by atoms with Crippen LogP contribution >= 0.6 is 0 Å². The number of carbonyl (C=O) groups is 1. The zero-order valence-electron chi connectivity index (χ0n) is 12.1. The van der Waals surface area contributed by atoms with Gasteiger partial charge in [0.25, 0.3) is 0 Å². The van der Waals surface area contributed by atoms with Crippen LogP contribution in [-0.2, 0) is 9.53 Å². The molecule has 106 valence electrons. The summed E-state index contributed by atoms with van der Waals surface area (Å²) in [7, 11) is 0. The predicted molar refractivity (Wildman–Crippen MR) is 81.6 cm³/mol. The van der Waals surface area contributed by atoms with Crippen molar-refractivity contribution in [3.8, 4) is 0 Å². The van der Waals surface area contributed by atoms with E-state index in [1.54, 1.807) is 0 Å². The number of rotatable bonds is 6. The summed E-state index contributed by atoms with van der Waals surface area (Å²) in [6, 6.07) is 14.4. The summed E-state index contributed by atoms with van der Waals surface area (Å²) in [5.41, 5.74) is 1.15. The number of ether oxygens (including phenoxy) is 1. The van der Waals surface area contributed by atoms with Gasteiger partial charge in [0, 0.05) is 6.04 Å². The molecule has 2 rings (SSSR count). The van der Waals surface area contributed by atoms with E-state index >= 15 is 0 Å². The average Bonchev–Trinajstić information content (AvgIpc) is 2.46. The maximum atomic E-state index is 11.8. The molecule has 0 radical (unpaired) electrons. The van der Waals surface area contributed by atoms with Gasteiger partial charge in [-0.3, -0.25) is 4.79 Å². The van der Waals surface area contributed by atoms with Crippen LogP contribution < -0.4 is 5.32 Å². The highest BCUT2D eigenvalue weighted by molar-refractivity contribution is 5.86. The van der Waals surface area contributed by atoms with Crippen LogP contribution in [0.1, 0.15) is 31.9 Å². The second-order valence-electron chi connectivity index (χ2n) is 4.69. The van der Waals surface area contributed by atoms with Crippen LogP contribution in [0.3, 0.4) is 0 Å². The number of nitrogens with one attached hydrogen (secondary N) is 1. The van der Waals surface area contributed by atoms with Crippen molar-refractivity contribution in [1.29, 1.82) is 0 Å². The van der Waals surface area contributed by atoms with Gasteiger partial charge < -0.3 is 10.1 Å². The van der Waals surface area contributed by atoms with Gasteiger partial charge in [-0.05, 0) is 29.8 Å². The lowest BCUT2D eigenvalue weighted by Crippen LogP contribution is -2.24. The molecular weight excluding hydrogens is 250 g/mol. The van der Waals surface area contributed by atoms with Crippen molar-refractivity contribution in [1.82, 2.24) is 5.32 Å². The van der Waals surface area contributed by atoms with E-state index in [1.807, 2.05) is 32.0 Å². The van der Waals surface area contributed by atoms with Crippen molar-refractivity contribution in [2.45, 2.75) is 26.3 Å². The molecule has 0 bridgehead atoms. The molecule has 0 aromatic heterocycles. The summed E-state index contributed by atoms with van der Waals surface area (Å²) < 4.78 is 5.07. The average molecular weight is 271 g/mol. The fraction of sp³-hybridized carbons (Fsp3) is 0.353. The Kier molecular flexibility index (Phi) is 5.13. The number of carbonyl (C=O) groups excluding carboxylic acids is 1. The summed E-state index contributed by atoms with van der Waals surface area (Å²) in [5.74, 6) is -0.161. The Hall–Kier alpha value is -1.87. The molecular formula is C17H21NO2. The highest BCUT2D eigenvalue weighted by Gasteiger charge is 2.17. The van der Waals surface area contributed by atoms with Crippen molar-refractivity contribution in [3.63, 3.8) is 0 Å². The lowest BCUT2D eigenvalue weighted by Gasteiger charge is -2.19. The first-order valence-corrected chi connectivity index (χ1v) is 7.13. The van der Waals surface area contributed by atoms with Gasteiger partial charge >= 0.3 is 5.97 Å². The maximum Gasteiger partial charge on any atom is 0.307 e. The van der Waals surface area contributed by atoms with Crippen molar-refractivity contribution in [3.05, 3.63) is 48.0 Å². The van der Waals surface area contributed by atoms with Gasteiger partial charge in [0.1, 0.15) is 0 Å². The van der Waals surface area contributed by atoms with Crippen molar-refractivity contribution in [2.24, 2.45) is 0 Å². The molecule has 0 amide bonds. The Morgan fingerprint density at radius 2 is 1.90 bits per heavy atom. The molecule has 3 nitrogen and oxygen atoms in total. The fourth-order valence-corrected chi connectivity index (χ4v) is 2.48. The third kappa shape index (κ3) is 3.36. The van der Waals surface area contributed by atoms with Crippen LogP contribution in [0.25, 0.3) is 10.8 Å². The number of benzene rings is 2. The van der Waals surface area contributed by atoms with E-state index in [2.05, 4.69) is 29.6 Å². The van der Waals surface area contributed by atoms with Crippen LogP contribution in [0, 0.1) is 0 Å². The highest BCUT2D eigenvalue weighted by Crippen LogP contribution is 2.26. The van der Waals surface area contributed by atoms with Gasteiger partial charge in [-0.1, -0.05) is 49.4 Å². The summed E-state index contributed by atoms with van der Waals surface area (Å²) >= 11 is 0. The van der Waals surface area contributed by atoms with E-state index < -0.39 is 0 Å². The Labute approximate surface area is 119 Å². The van der Waals surface area contributed by atoms with Gasteiger partial charge in [-0.15, -0.1) is 0 Å². The molecule has 3 heteroatoms. The molecule has 0 saturated carbocycles. The molecule has 0 aliphatic carbocycles. The minimum atomic E-state index is -0.161. The number of hydrogen-bond acceptors (Lipinski definition) is 3. The normalized spacial score (nSPS) is 12.3. The molecule has 0 saturated heterocycles. The van der Waals surface area contributed by atoms with Crippen molar-refractivity contribution in [2.75, 3.05) is 13.2 Å². The minimum Gasteiger partial charge on any atom is -0.466 e. The second kappa shape index (κ2) is 7.06. The predicted octanol–water partition coefficient (Wildman–Crippen LogP) is 3.44. The van der Waals surface area contributed by atoms with E-state index in [4.69, 9.17) is 4.74 Å². The monoisotopic (exact) mass is 271 g/mol. The lowest BCUT2D eigenvalue weighted by atomic mass is 9.96. The molecule has 1 N–H and O–H groups in total. The molecule has 2 aromatic rings. The fourth-order valence-electron chi connectivity index (χ4n) is 2.48. The van der Waals surface area contributed by atoms with Crippen LogP contribution in [0.15, 0.2) is 42.5 Å². The Bertz CT molecular complexity index is 575. The zero-order valence-corrected chi connectivity index (χ0v) is 12.1. The molecule has 0 spiro atoms. The minimum absolute atomic E-state index is 0.00912. The molecule has 2 aromatic carbocycles. The summed E-state index contributed by atoms with van der Waals surface area (Å²) in [4.78, 5) is 11.8. The van der Waals surface area contributed by atoms with E-state index in [9.17, 15) is 4.79 Å². The Morgan fingerprint density at radius 3 is 2.65 bits per heavy atom. The van der Waals surface area contributed by atoms with Crippen molar-refractivity contribution >= 4 is 16.7 Å². The third-order valence-corrected chi connectivity index (χ3v) is 3.33. The van der Waals surface area contributed by atoms with Crippen LogP contribution in [0.2, 0.25) is 0 Å². The van der Waals surface area contributed by atoms with E-state index in [0.717, 1.165) is 12.1 Å². The van der Waals surface area contributed by atoms with E-state index in [0.29, 0.717) is 13.0 Å². The van der Waals surface area contributed by atoms with Crippen LogP contribution in [-0.4, -0.2) is 19.1 Å². The maximum absolute atomic E-state index is 11.8.